The molecule has 1 N–H and O–H groups in total. The largest absolute Gasteiger partial charge is 0.491 e. The predicted molar refractivity (Wildman–Crippen MR) is 124 cm³/mol. The quantitative estimate of drug-likeness (QED) is 0.479. The number of aliphatic hydroxyl groups is 1. The molecule has 0 saturated carbocycles. The zero-order chi connectivity index (χ0) is 23.0. The molecule has 0 unspecified atom stereocenters. The van der Waals surface area contributed by atoms with Gasteiger partial charge in [-0.25, -0.2) is 4.39 Å². The molecule has 1 aliphatic rings. The lowest BCUT2D eigenvalue weighted by Crippen LogP contribution is -2.30. The second kappa shape index (κ2) is 11.3. The van der Waals surface area contributed by atoms with Gasteiger partial charge in [-0.05, 0) is 74.5 Å². The number of hydrogen-bond donors (Lipinski definition) is 1. The molecule has 33 heavy (non-hydrogen) atoms. The summed E-state index contributed by atoms with van der Waals surface area (Å²) in [6, 6.07) is 15.1. The minimum Gasteiger partial charge on any atom is -0.491 e. The van der Waals surface area contributed by atoms with Crippen LogP contribution in [0.1, 0.15) is 30.7 Å². The topological polar surface area (TPSA) is 87.2 Å². The summed E-state index contributed by atoms with van der Waals surface area (Å²) in [7, 11) is 0. The molecule has 1 fully saturated rings. The Balaban J connectivity index is 1.42. The van der Waals surface area contributed by atoms with Crippen LogP contribution in [0, 0.1) is 17.1 Å². The highest BCUT2D eigenvalue weighted by Gasteiger charge is 2.20. The fourth-order valence-electron chi connectivity index (χ4n) is 3.70. The average molecular weight is 468 g/mol. The molecule has 0 aliphatic carbocycles. The van der Waals surface area contributed by atoms with Gasteiger partial charge in [-0.15, -0.1) is 10.2 Å². The first-order valence-electron chi connectivity index (χ1n) is 11.0. The van der Waals surface area contributed by atoms with Gasteiger partial charge >= 0.3 is 0 Å². The Morgan fingerprint density at radius 1 is 1.06 bits per heavy atom. The number of ether oxygens (including phenoxy) is 1. The van der Waals surface area contributed by atoms with E-state index in [0.29, 0.717) is 28.8 Å². The highest BCUT2D eigenvalue weighted by atomic mass is 32.2. The molecule has 0 amide bonds. The summed E-state index contributed by atoms with van der Waals surface area (Å²) in [4.78, 5) is 2.36. The first-order valence-corrected chi connectivity index (χ1v) is 12.0. The third-order valence-corrected chi connectivity index (χ3v) is 6.50. The summed E-state index contributed by atoms with van der Waals surface area (Å²) >= 11 is 1.38. The maximum atomic E-state index is 13.5. The lowest BCUT2D eigenvalue weighted by atomic mass is 10.1. The fraction of sp³-hybridized carbons (Fsp3) is 0.375. The van der Waals surface area contributed by atoms with Crippen molar-refractivity contribution in [2.45, 2.75) is 37.1 Å². The first kappa shape index (κ1) is 23.2. The number of likely N-dealkylation sites (tertiary alicyclic amines) is 1. The van der Waals surface area contributed by atoms with Crippen molar-refractivity contribution in [2.24, 2.45) is 0 Å². The molecule has 1 saturated heterocycles. The predicted octanol–water partition coefficient (Wildman–Crippen LogP) is 3.80. The Hall–Kier alpha value is -2.93. The van der Waals surface area contributed by atoms with E-state index in [9.17, 15) is 9.50 Å². The smallest absolute Gasteiger partial charge is 0.195 e. The van der Waals surface area contributed by atoms with Crippen LogP contribution in [0.4, 0.5) is 4.39 Å². The molecule has 7 nitrogen and oxygen atoms in total. The van der Waals surface area contributed by atoms with Gasteiger partial charge < -0.3 is 9.84 Å². The number of nitrogens with zero attached hydrogens (tertiary/aromatic N) is 5. The highest BCUT2D eigenvalue weighted by Crippen LogP contribution is 2.25. The van der Waals surface area contributed by atoms with Crippen molar-refractivity contribution in [3.05, 3.63) is 65.7 Å². The van der Waals surface area contributed by atoms with Crippen LogP contribution in [-0.4, -0.2) is 56.3 Å². The van der Waals surface area contributed by atoms with Crippen molar-refractivity contribution < 1.29 is 14.2 Å². The van der Waals surface area contributed by atoms with Crippen LogP contribution in [-0.2, 0) is 6.54 Å². The van der Waals surface area contributed by atoms with Gasteiger partial charge in [0, 0.05) is 11.4 Å². The number of rotatable bonds is 9. The van der Waals surface area contributed by atoms with Crippen molar-refractivity contribution in [3.8, 4) is 17.5 Å². The van der Waals surface area contributed by atoms with E-state index in [-0.39, 0.29) is 12.4 Å². The van der Waals surface area contributed by atoms with Gasteiger partial charge in [-0.2, -0.15) is 5.26 Å². The number of thioether (sulfide) groups is 1. The molecule has 1 aliphatic heterocycles. The second-order valence-electron chi connectivity index (χ2n) is 7.96. The molecular weight excluding hydrogens is 441 g/mol. The summed E-state index contributed by atoms with van der Waals surface area (Å²) in [6.45, 7) is 2.85. The van der Waals surface area contributed by atoms with Crippen molar-refractivity contribution in [1.82, 2.24) is 19.7 Å². The lowest BCUT2D eigenvalue weighted by Gasteiger charge is -2.26. The van der Waals surface area contributed by atoms with Crippen LogP contribution in [0.2, 0.25) is 0 Å². The van der Waals surface area contributed by atoms with Crippen LogP contribution in [0.15, 0.2) is 53.7 Å². The van der Waals surface area contributed by atoms with E-state index in [1.807, 2.05) is 4.57 Å². The summed E-state index contributed by atoms with van der Waals surface area (Å²) in [5, 5.41) is 28.7. The number of hydrogen-bond acceptors (Lipinski definition) is 7. The zero-order valence-electron chi connectivity index (χ0n) is 18.2. The van der Waals surface area contributed by atoms with Gasteiger partial charge in [0.05, 0.1) is 24.3 Å². The van der Waals surface area contributed by atoms with E-state index in [4.69, 9.17) is 10.00 Å². The molecule has 1 aromatic heterocycles. The average Bonchev–Trinajstić information content (AvgIpc) is 3.25. The number of benzene rings is 2. The van der Waals surface area contributed by atoms with Crippen LogP contribution in [0.3, 0.4) is 0 Å². The molecule has 3 aromatic rings. The van der Waals surface area contributed by atoms with Gasteiger partial charge in [0.1, 0.15) is 18.2 Å². The number of aliphatic hydroxyl groups excluding tert-OH is 1. The van der Waals surface area contributed by atoms with E-state index in [0.717, 1.165) is 24.6 Å². The normalized spacial score (nSPS) is 15.2. The van der Waals surface area contributed by atoms with Gasteiger partial charge in [-0.3, -0.25) is 9.47 Å². The molecule has 0 bridgehead atoms. The van der Waals surface area contributed by atoms with Gasteiger partial charge in [0.2, 0.25) is 0 Å². The molecule has 1 atom stereocenters. The van der Waals surface area contributed by atoms with Crippen LogP contribution >= 0.6 is 11.8 Å². The highest BCUT2D eigenvalue weighted by molar-refractivity contribution is 7.99. The number of nitriles is 1. The molecule has 0 spiro atoms. The lowest BCUT2D eigenvalue weighted by molar-refractivity contribution is 0.126. The van der Waals surface area contributed by atoms with Crippen LogP contribution in [0.25, 0.3) is 5.69 Å². The molecule has 2 heterocycles. The van der Waals surface area contributed by atoms with Crippen LogP contribution < -0.4 is 4.74 Å². The fourth-order valence-corrected chi connectivity index (χ4v) is 4.58. The van der Waals surface area contributed by atoms with Gasteiger partial charge in [0.25, 0.3) is 0 Å². The van der Waals surface area contributed by atoms with E-state index in [1.165, 1.54) is 43.2 Å². The first-order chi connectivity index (χ1) is 16.1. The number of piperidine rings is 1. The zero-order valence-corrected chi connectivity index (χ0v) is 19.0. The summed E-state index contributed by atoms with van der Waals surface area (Å²) in [6.07, 6.45) is 2.88. The Morgan fingerprint density at radius 2 is 1.79 bits per heavy atom. The van der Waals surface area contributed by atoms with E-state index >= 15 is 0 Å². The summed E-state index contributed by atoms with van der Waals surface area (Å²) in [5.74, 6) is 1.46. The van der Waals surface area contributed by atoms with Crippen molar-refractivity contribution in [1.29, 1.82) is 5.26 Å². The monoisotopic (exact) mass is 467 g/mol. The third kappa shape index (κ3) is 6.32. The standard InChI is InChI=1S/C24H26FN5O2S/c25-19-6-8-20(9-7-19)30-23(15-29-12-2-1-3-13-29)27-28-24(30)33-17-21(31)16-32-22-10-4-18(14-26)5-11-22/h4-11,21,31H,1-3,12-13,15-17H2/t21-/m1/s1. The van der Waals surface area contributed by atoms with E-state index < -0.39 is 6.10 Å². The molecule has 172 valence electrons. The third-order valence-electron chi connectivity index (χ3n) is 5.43. The number of aromatic nitrogens is 3. The van der Waals surface area contributed by atoms with E-state index in [2.05, 4.69) is 21.2 Å². The molecular formula is C24H26FN5O2S. The number of halogens is 1. The Kier molecular flexibility index (Phi) is 7.94. The Labute approximate surface area is 196 Å². The maximum Gasteiger partial charge on any atom is 0.195 e. The van der Waals surface area contributed by atoms with Crippen LogP contribution in [0.5, 0.6) is 5.75 Å². The maximum absolute atomic E-state index is 13.5. The summed E-state index contributed by atoms with van der Waals surface area (Å²) < 4.78 is 21.1. The SMILES string of the molecule is N#Cc1ccc(OC[C@@H](O)CSc2nnc(CN3CCCCC3)n2-c2ccc(F)cc2)cc1. The van der Waals surface area contributed by atoms with Gasteiger partial charge in [-0.1, -0.05) is 18.2 Å². The molecule has 0 radical (unpaired) electrons. The molecule has 9 heteroatoms. The minimum absolute atomic E-state index is 0.115. The minimum atomic E-state index is -0.727. The molecule has 4 rings (SSSR count). The van der Waals surface area contributed by atoms with Crippen molar-refractivity contribution >= 4 is 11.8 Å². The second-order valence-corrected chi connectivity index (χ2v) is 8.95. The molecule has 2 aromatic carbocycles. The Morgan fingerprint density at radius 3 is 2.48 bits per heavy atom. The van der Waals surface area contributed by atoms with E-state index in [1.54, 1.807) is 36.4 Å². The van der Waals surface area contributed by atoms with Gasteiger partial charge in [0.15, 0.2) is 11.0 Å². The summed E-state index contributed by atoms with van der Waals surface area (Å²) in [5.41, 5.74) is 1.35. The van der Waals surface area contributed by atoms with Crippen molar-refractivity contribution in [3.63, 3.8) is 0 Å². The Bertz CT molecular complexity index is 1080. The van der Waals surface area contributed by atoms with Crippen molar-refractivity contribution in [2.75, 3.05) is 25.4 Å².